The number of Topliss-reactive ketones (excluding diaryl/α,β-unsaturated/α-hetero) is 1. The Morgan fingerprint density at radius 3 is 2.67 bits per heavy atom. The van der Waals surface area contributed by atoms with E-state index in [4.69, 9.17) is 5.73 Å². The largest absolute Gasteiger partial charge is 0.399 e. The zero-order valence-corrected chi connectivity index (χ0v) is 10.1. The van der Waals surface area contributed by atoms with Crippen LogP contribution in [0, 0.1) is 12.7 Å². The second-order valence-corrected chi connectivity index (χ2v) is 4.30. The number of halogens is 1. The molecule has 0 fully saturated rings. The van der Waals surface area contributed by atoms with Crippen molar-refractivity contribution in [2.75, 3.05) is 5.73 Å². The molecule has 0 aliphatic heterocycles. The van der Waals surface area contributed by atoms with E-state index in [0.29, 0.717) is 16.8 Å². The molecule has 18 heavy (non-hydrogen) atoms. The summed E-state index contributed by atoms with van der Waals surface area (Å²) < 4.78 is 13.0. The highest BCUT2D eigenvalue weighted by Crippen LogP contribution is 2.15. The van der Waals surface area contributed by atoms with Gasteiger partial charge in [0.05, 0.1) is 0 Å². The van der Waals surface area contributed by atoms with Crippen LogP contribution in [0.5, 0.6) is 0 Å². The number of hydrogen-bond acceptors (Lipinski definition) is 2. The van der Waals surface area contributed by atoms with E-state index in [2.05, 4.69) is 0 Å². The van der Waals surface area contributed by atoms with E-state index >= 15 is 0 Å². The minimum atomic E-state index is -0.325. The van der Waals surface area contributed by atoms with Crippen LogP contribution in [-0.2, 0) is 6.42 Å². The molecule has 92 valence electrons. The Balaban J connectivity index is 2.19. The molecule has 0 atom stereocenters. The molecule has 0 aromatic heterocycles. The van der Waals surface area contributed by atoms with Crippen LogP contribution in [0.3, 0.4) is 0 Å². The molecule has 0 saturated heterocycles. The molecule has 0 saturated carbocycles. The number of benzene rings is 2. The van der Waals surface area contributed by atoms with Gasteiger partial charge in [-0.15, -0.1) is 0 Å². The molecule has 2 aromatic carbocycles. The van der Waals surface area contributed by atoms with E-state index in [1.807, 2.05) is 6.92 Å². The third-order valence-corrected chi connectivity index (χ3v) is 2.85. The van der Waals surface area contributed by atoms with Gasteiger partial charge in [-0.2, -0.15) is 0 Å². The second-order valence-electron chi connectivity index (χ2n) is 4.30. The fourth-order valence-electron chi connectivity index (χ4n) is 1.78. The van der Waals surface area contributed by atoms with Crippen LogP contribution in [0.4, 0.5) is 10.1 Å². The molecule has 0 aliphatic carbocycles. The first-order chi connectivity index (χ1) is 8.56. The molecule has 0 amide bonds. The van der Waals surface area contributed by atoms with Gasteiger partial charge in [-0.3, -0.25) is 4.79 Å². The maximum absolute atomic E-state index is 13.0. The topological polar surface area (TPSA) is 43.1 Å². The Bertz CT molecular complexity index is 593. The minimum Gasteiger partial charge on any atom is -0.399 e. The van der Waals surface area contributed by atoms with Crippen LogP contribution in [0.15, 0.2) is 42.5 Å². The van der Waals surface area contributed by atoms with Gasteiger partial charge in [-0.25, -0.2) is 4.39 Å². The summed E-state index contributed by atoms with van der Waals surface area (Å²) in [5.74, 6) is -0.363. The van der Waals surface area contributed by atoms with Crippen molar-refractivity contribution in [3.8, 4) is 0 Å². The Morgan fingerprint density at radius 2 is 2.00 bits per heavy atom. The number of carbonyl (C=O) groups excluding carboxylic acids is 1. The van der Waals surface area contributed by atoms with Gasteiger partial charge in [0.2, 0.25) is 0 Å². The van der Waals surface area contributed by atoms with Crippen LogP contribution in [0.1, 0.15) is 21.5 Å². The van der Waals surface area contributed by atoms with Crippen LogP contribution >= 0.6 is 0 Å². The van der Waals surface area contributed by atoms with Gasteiger partial charge in [-0.1, -0.05) is 12.1 Å². The molecule has 2 aromatic rings. The third-order valence-electron chi connectivity index (χ3n) is 2.85. The summed E-state index contributed by atoms with van der Waals surface area (Å²) >= 11 is 0. The minimum absolute atomic E-state index is 0.0382. The molecule has 0 heterocycles. The lowest BCUT2D eigenvalue weighted by Crippen LogP contribution is -2.04. The predicted molar refractivity (Wildman–Crippen MR) is 70.0 cm³/mol. The molecule has 2 N–H and O–H groups in total. The average Bonchev–Trinajstić information content (AvgIpc) is 2.32. The van der Waals surface area contributed by atoms with E-state index in [1.165, 1.54) is 12.1 Å². The summed E-state index contributed by atoms with van der Waals surface area (Å²) in [7, 11) is 0. The number of rotatable bonds is 3. The highest BCUT2D eigenvalue weighted by Gasteiger charge is 2.08. The summed E-state index contributed by atoms with van der Waals surface area (Å²) in [6.07, 6.45) is 0.196. The second kappa shape index (κ2) is 5.00. The fourth-order valence-corrected chi connectivity index (χ4v) is 1.78. The molecule has 0 spiro atoms. The maximum Gasteiger partial charge on any atom is 0.167 e. The lowest BCUT2D eigenvalue weighted by atomic mass is 10.0. The monoisotopic (exact) mass is 243 g/mol. The zero-order valence-electron chi connectivity index (χ0n) is 10.1. The van der Waals surface area contributed by atoms with Crippen LogP contribution < -0.4 is 5.73 Å². The van der Waals surface area contributed by atoms with Gasteiger partial charge in [0.1, 0.15) is 5.82 Å². The number of ketones is 1. The van der Waals surface area contributed by atoms with E-state index in [-0.39, 0.29) is 18.0 Å². The smallest absolute Gasteiger partial charge is 0.167 e. The Labute approximate surface area is 105 Å². The van der Waals surface area contributed by atoms with Crippen molar-refractivity contribution >= 4 is 11.5 Å². The summed E-state index contributed by atoms with van der Waals surface area (Å²) in [4.78, 5) is 12.0. The Hall–Kier alpha value is -2.16. The number of carbonyl (C=O) groups is 1. The maximum atomic E-state index is 13.0. The molecular weight excluding hydrogens is 229 g/mol. The Morgan fingerprint density at radius 1 is 1.22 bits per heavy atom. The van der Waals surface area contributed by atoms with Crippen LogP contribution in [0.2, 0.25) is 0 Å². The van der Waals surface area contributed by atoms with Crippen molar-refractivity contribution in [1.82, 2.24) is 0 Å². The number of anilines is 1. The summed E-state index contributed by atoms with van der Waals surface area (Å²) in [5.41, 5.74) is 8.52. The summed E-state index contributed by atoms with van der Waals surface area (Å²) in [6.45, 7) is 1.86. The lowest BCUT2D eigenvalue weighted by Gasteiger charge is -2.05. The van der Waals surface area contributed by atoms with Crippen LogP contribution in [-0.4, -0.2) is 5.78 Å². The van der Waals surface area contributed by atoms with Crippen molar-refractivity contribution in [3.63, 3.8) is 0 Å². The lowest BCUT2D eigenvalue weighted by molar-refractivity contribution is 0.0993. The average molecular weight is 243 g/mol. The molecule has 2 rings (SSSR count). The highest BCUT2D eigenvalue weighted by atomic mass is 19.1. The number of nitrogen functional groups attached to an aromatic ring is 1. The summed E-state index contributed by atoms with van der Waals surface area (Å²) in [6, 6.07) is 11.3. The van der Waals surface area contributed by atoms with Crippen molar-refractivity contribution in [3.05, 3.63) is 65.0 Å². The fraction of sp³-hybridized carbons (Fsp3) is 0.133. The molecule has 2 nitrogen and oxygen atoms in total. The molecular formula is C15H14FNO. The van der Waals surface area contributed by atoms with Gasteiger partial charge >= 0.3 is 0 Å². The number of nitrogens with two attached hydrogens (primary N) is 1. The van der Waals surface area contributed by atoms with Gasteiger partial charge < -0.3 is 5.73 Å². The van der Waals surface area contributed by atoms with Gasteiger partial charge in [0.25, 0.3) is 0 Å². The molecule has 0 unspecified atom stereocenters. The van der Waals surface area contributed by atoms with Gasteiger partial charge in [0, 0.05) is 17.7 Å². The predicted octanol–water partition coefficient (Wildman–Crippen LogP) is 3.14. The van der Waals surface area contributed by atoms with Crippen molar-refractivity contribution in [1.29, 1.82) is 0 Å². The van der Waals surface area contributed by atoms with Crippen LogP contribution in [0.25, 0.3) is 0 Å². The SMILES string of the molecule is Cc1cc(C(=O)Cc2cccc(F)c2)ccc1N. The molecule has 3 heteroatoms. The number of hydrogen-bond donors (Lipinski definition) is 1. The number of aryl methyl sites for hydroxylation is 1. The van der Waals surface area contributed by atoms with Crippen molar-refractivity contribution in [2.24, 2.45) is 0 Å². The molecule has 0 radical (unpaired) electrons. The van der Waals surface area contributed by atoms with E-state index < -0.39 is 0 Å². The quantitative estimate of drug-likeness (QED) is 0.664. The Kier molecular flexibility index (Phi) is 3.42. The normalized spacial score (nSPS) is 10.3. The van der Waals surface area contributed by atoms with Gasteiger partial charge in [-0.05, 0) is 48.4 Å². The first-order valence-electron chi connectivity index (χ1n) is 5.70. The van der Waals surface area contributed by atoms with Crippen molar-refractivity contribution in [2.45, 2.75) is 13.3 Å². The van der Waals surface area contributed by atoms with E-state index in [9.17, 15) is 9.18 Å². The first-order valence-corrected chi connectivity index (χ1v) is 5.70. The van der Waals surface area contributed by atoms with Gasteiger partial charge in [0.15, 0.2) is 5.78 Å². The van der Waals surface area contributed by atoms with E-state index in [1.54, 1.807) is 30.3 Å². The molecule has 0 aliphatic rings. The van der Waals surface area contributed by atoms with E-state index in [0.717, 1.165) is 5.56 Å². The zero-order chi connectivity index (χ0) is 13.1. The standard InChI is InChI=1S/C15H14FNO/c1-10-7-12(5-6-14(10)17)15(18)9-11-3-2-4-13(16)8-11/h2-8H,9,17H2,1H3. The third kappa shape index (κ3) is 2.74. The summed E-state index contributed by atoms with van der Waals surface area (Å²) in [5, 5.41) is 0. The highest BCUT2D eigenvalue weighted by molar-refractivity contribution is 5.98. The molecule has 0 bridgehead atoms. The first kappa shape index (κ1) is 12.3. The van der Waals surface area contributed by atoms with Crippen molar-refractivity contribution < 1.29 is 9.18 Å².